The zero-order chi connectivity index (χ0) is 10.1. The van der Waals surface area contributed by atoms with Crippen LogP contribution >= 0.6 is 0 Å². The number of nitrogens with zero attached hydrogens (tertiary/aromatic N) is 3. The predicted octanol–water partition coefficient (Wildman–Crippen LogP) is 2.16. The molecule has 3 rings (SSSR count). The molecule has 1 saturated heterocycles. The molecule has 79 valence electrons. The second-order valence-corrected chi connectivity index (χ2v) is 4.44. The molecule has 0 bridgehead atoms. The zero-order valence-electron chi connectivity index (χ0n) is 8.89. The Labute approximate surface area is 90.5 Å². The van der Waals surface area contributed by atoms with Crippen LogP contribution in [0.25, 0.3) is 0 Å². The smallest absolute Gasteiger partial charge is 0.225 e. The maximum absolute atomic E-state index is 4.46. The van der Waals surface area contributed by atoms with Gasteiger partial charge < -0.3 is 4.90 Å². The van der Waals surface area contributed by atoms with E-state index < -0.39 is 0 Å². The van der Waals surface area contributed by atoms with Crippen molar-refractivity contribution in [2.45, 2.75) is 31.6 Å². The molecule has 2 aliphatic rings. The van der Waals surface area contributed by atoms with Crippen LogP contribution in [0.4, 0.5) is 5.95 Å². The van der Waals surface area contributed by atoms with Gasteiger partial charge in [0.1, 0.15) is 0 Å². The molecule has 1 aliphatic carbocycles. The summed E-state index contributed by atoms with van der Waals surface area (Å²) in [6.07, 6.45) is 11.3. The van der Waals surface area contributed by atoms with Crippen molar-refractivity contribution in [2.75, 3.05) is 18.0 Å². The monoisotopic (exact) mass is 202 g/mol. The standard InChI is InChI=1S/C12H16N3/c1-2-6-15(7-3-1)12-13-8-11(9-14-12)10-4-5-10/h1,8-10H,2-7H2. The Morgan fingerprint density at radius 2 is 1.73 bits per heavy atom. The van der Waals surface area contributed by atoms with Crippen LogP contribution < -0.4 is 4.90 Å². The van der Waals surface area contributed by atoms with E-state index >= 15 is 0 Å². The summed E-state index contributed by atoms with van der Waals surface area (Å²) in [5.74, 6) is 1.67. The topological polar surface area (TPSA) is 29.0 Å². The molecule has 0 amide bonds. The molecule has 2 fully saturated rings. The van der Waals surface area contributed by atoms with Gasteiger partial charge in [0.2, 0.25) is 5.95 Å². The van der Waals surface area contributed by atoms with Gasteiger partial charge in [0.25, 0.3) is 0 Å². The van der Waals surface area contributed by atoms with E-state index in [1.165, 1.54) is 18.4 Å². The number of hydrogen-bond donors (Lipinski definition) is 0. The molecular weight excluding hydrogens is 186 g/mol. The summed E-state index contributed by atoms with van der Waals surface area (Å²) < 4.78 is 0. The largest absolute Gasteiger partial charge is 0.341 e. The fourth-order valence-corrected chi connectivity index (χ4v) is 2.07. The third-order valence-electron chi connectivity index (χ3n) is 3.20. The highest BCUT2D eigenvalue weighted by Crippen LogP contribution is 2.39. The first-order valence-electron chi connectivity index (χ1n) is 5.82. The van der Waals surface area contributed by atoms with E-state index in [1.54, 1.807) is 0 Å². The maximum Gasteiger partial charge on any atom is 0.225 e. The number of piperidine rings is 1. The van der Waals surface area contributed by atoms with E-state index in [9.17, 15) is 0 Å². The minimum Gasteiger partial charge on any atom is -0.341 e. The van der Waals surface area contributed by atoms with Gasteiger partial charge in [0.05, 0.1) is 0 Å². The van der Waals surface area contributed by atoms with Crippen molar-refractivity contribution < 1.29 is 0 Å². The van der Waals surface area contributed by atoms with Gasteiger partial charge in [-0.3, -0.25) is 0 Å². The molecule has 0 aromatic carbocycles. The van der Waals surface area contributed by atoms with Gasteiger partial charge in [-0.15, -0.1) is 0 Å². The summed E-state index contributed by atoms with van der Waals surface area (Å²) >= 11 is 0. The minimum absolute atomic E-state index is 0.758. The van der Waals surface area contributed by atoms with Crippen LogP contribution in [0.3, 0.4) is 0 Å². The number of hydrogen-bond acceptors (Lipinski definition) is 3. The van der Waals surface area contributed by atoms with Gasteiger partial charge in [0.15, 0.2) is 0 Å². The van der Waals surface area contributed by atoms with Crippen molar-refractivity contribution in [2.24, 2.45) is 0 Å². The van der Waals surface area contributed by atoms with E-state index in [4.69, 9.17) is 0 Å². The summed E-state index contributed by atoms with van der Waals surface area (Å²) in [5, 5.41) is 0. The molecular formula is C12H16N3. The second-order valence-electron chi connectivity index (χ2n) is 4.44. The lowest BCUT2D eigenvalue weighted by molar-refractivity contribution is 0.661. The first kappa shape index (κ1) is 9.13. The average molecular weight is 202 g/mol. The van der Waals surface area contributed by atoms with Crippen molar-refractivity contribution >= 4 is 5.95 Å². The Bertz CT molecular complexity index is 323. The van der Waals surface area contributed by atoms with Crippen molar-refractivity contribution in [3.05, 3.63) is 24.4 Å². The Hall–Kier alpha value is -1.12. The lowest BCUT2D eigenvalue weighted by atomic mass is 10.1. The fraction of sp³-hybridized carbons (Fsp3) is 0.583. The normalized spacial score (nSPS) is 21.7. The number of anilines is 1. The van der Waals surface area contributed by atoms with Gasteiger partial charge in [-0.2, -0.15) is 0 Å². The first-order valence-corrected chi connectivity index (χ1v) is 5.82. The van der Waals surface area contributed by atoms with Gasteiger partial charge >= 0.3 is 0 Å². The highest BCUT2D eigenvalue weighted by atomic mass is 15.2. The van der Waals surface area contributed by atoms with E-state index in [-0.39, 0.29) is 0 Å². The van der Waals surface area contributed by atoms with Crippen molar-refractivity contribution in [1.82, 2.24) is 9.97 Å². The highest BCUT2D eigenvalue weighted by molar-refractivity contribution is 5.32. The Morgan fingerprint density at radius 1 is 1.07 bits per heavy atom. The molecule has 2 heterocycles. The Balaban J connectivity index is 1.73. The molecule has 3 heteroatoms. The van der Waals surface area contributed by atoms with Crippen LogP contribution in [0, 0.1) is 6.42 Å². The molecule has 15 heavy (non-hydrogen) atoms. The average Bonchev–Trinajstić information content (AvgIpc) is 3.15. The van der Waals surface area contributed by atoms with Crippen molar-refractivity contribution in [1.29, 1.82) is 0 Å². The Morgan fingerprint density at radius 3 is 2.33 bits per heavy atom. The summed E-state index contributed by atoms with van der Waals surface area (Å²) in [6.45, 7) is 2.14. The molecule has 0 atom stereocenters. The van der Waals surface area contributed by atoms with Gasteiger partial charge in [-0.25, -0.2) is 9.97 Å². The lowest BCUT2D eigenvalue weighted by Crippen LogP contribution is -2.31. The third-order valence-corrected chi connectivity index (χ3v) is 3.20. The summed E-state index contributed by atoms with van der Waals surface area (Å²) in [4.78, 5) is 11.2. The second kappa shape index (κ2) is 3.80. The summed E-state index contributed by atoms with van der Waals surface area (Å²) in [7, 11) is 0. The first-order chi connectivity index (χ1) is 7.43. The zero-order valence-corrected chi connectivity index (χ0v) is 8.89. The summed E-state index contributed by atoms with van der Waals surface area (Å²) in [6, 6.07) is 0. The molecule has 1 aromatic rings. The maximum atomic E-state index is 4.46. The van der Waals surface area contributed by atoms with Crippen LogP contribution in [0.15, 0.2) is 12.4 Å². The molecule has 0 spiro atoms. The quantitative estimate of drug-likeness (QED) is 0.736. The third kappa shape index (κ3) is 1.96. The molecule has 1 saturated carbocycles. The van der Waals surface area contributed by atoms with Crippen molar-refractivity contribution in [3.63, 3.8) is 0 Å². The van der Waals surface area contributed by atoms with Gasteiger partial charge in [0, 0.05) is 25.5 Å². The molecule has 0 unspecified atom stereocenters. The highest BCUT2D eigenvalue weighted by Gasteiger charge is 2.24. The van der Waals surface area contributed by atoms with Gasteiger partial charge in [-0.05, 0) is 43.6 Å². The molecule has 1 aliphatic heterocycles. The molecule has 3 nitrogen and oxygen atoms in total. The fourth-order valence-electron chi connectivity index (χ4n) is 2.07. The van der Waals surface area contributed by atoms with E-state index in [2.05, 4.69) is 21.3 Å². The SMILES string of the molecule is [CH]1CCN(c2ncc(C3CC3)cn2)CC1. The Kier molecular flexibility index (Phi) is 2.31. The van der Waals surface area contributed by atoms with E-state index in [0.717, 1.165) is 37.8 Å². The van der Waals surface area contributed by atoms with E-state index in [0.29, 0.717) is 0 Å². The molecule has 1 aromatic heterocycles. The van der Waals surface area contributed by atoms with Crippen LogP contribution in [0.2, 0.25) is 0 Å². The summed E-state index contributed by atoms with van der Waals surface area (Å²) in [5.41, 5.74) is 1.32. The van der Waals surface area contributed by atoms with Crippen molar-refractivity contribution in [3.8, 4) is 0 Å². The van der Waals surface area contributed by atoms with Crippen LogP contribution in [-0.4, -0.2) is 23.1 Å². The van der Waals surface area contributed by atoms with Gasteiger partial charge in [-0.1, -0.05) is 0 Å². The van der Waals surface area contributed by atoms with Crippen LogP contribution in [-0.2, 0) is 0 Å². The number of rotatable bonds is 2. The number of aromatic nitrogens is 2. The lowest BCUT2D eigenvalue weighted by Gasteiger charge is -2.26. The minimum atomic E-state index is 0.758. The van der Waals surface area contributed by atoms with E-state index in [1.807, 2.05) is 12.4 Å². The van der Waals surface area contributed by atoms with Crippen LogP contribution in [0.5, 0.6) is 0 Å². The van der Waals surface area contributed by atoms with Crippen LogP contribution in [0.1, 0.15) is 37.2 Å². The predicted molar refractivity (Wildman–Crippen MR) is 59.8 cm³/mol. The molecule has 0 N–H and O–H groups in total. The molecule has 1 radical (unpaired) electrons.